The Bertz CT molecular complexity index is 610. The zero-order valence-electron chi connectivity index (χ0n) is 9.32. The molecule has 0 atom stereocenters. The van der Waals surface area contributed by atoms with Gasteiger partial charge in [-0.1, -0.05) is 23.2 Å². The molecule has 0 radical (unpaired) electrons. The van der Waals surface area contributed by atoms with Crippen molar-refractivity contribution in [1.29, 1.82) is 0 Å². The summed E-state index contributed by atoms with van der Waals surface area (Å²) >= 11 is 11.5. The van der Waals surface area contributed by atoms with Crippen molar-refractivity contribution in [2.24, 2.45) is 0 Å². The minimum atomic E-state index is -0.621. The summed E-state index contributed by atoms with van der Waals surface area (Å²) in [5.41, 5.74) is 5.67. The highest BCUT2D eigenvalue weighted by molar-refractivity contribution is 6.38. The Balaban J connectivity index is 2.31. The van der Waals surface area contributed by atoms with Gasteiger partial charge in [0, 0.05) is 11.3 Å². The molecule has 1 aromatic carbocycles. The molecular formula is C11H7Cl2FN4O. The molecule has 0 bridgehead atoms. The fourth-order valence-corrected chi connectivity index (χ4v) is 1.79. The summed E-state index contributed by atoms with van der Waals surface area (Å²) in [4.78, 5) is 19.3. The van der Waals surface area contributed by atoms with Crippen LogP contribution in [0.1, 0.15) is 10.4 Å². The summed E-state index contributed by atoms with van der Waals surface area (Å²) in [5.74, 6) is -1.24. The predicted molar refractivity (Wildman–Crippen MR) is 70.8 cm³/mol. The molecular weight excluding hydrogens is 294 g/mol. The second-order valence-electron chi connectivity index (χ2n) is 3.56. The van der Waals surface area contributed by atoms with E-state index in [4.69, 9.17) is 28.9 Å². The lowest BCUT2D eigenvalue weighted by molar-refractivity contribution is 0.102. The van der Waals surface area contributed by atoms with Gasteiger partial charge in [0.25, 0.3) is 5.91 Å². The first-order valence-corrected chi connectivity index (χ1v) is 5.76. The molecule has 3 N–H and O–H groups in total. The number of nitrogens with two attached hydrogens (primary N) is 1. The molecule has 1 heterocycles. The van der Waals surface area contributed by atoms with Crippen LogP contribution in [0.2, 0.25) is 10.3 Å². The van der Waals surface area contributed by atoms with E-state index < -0.39 is 11.7 Å². The first-order valence-electron chi connectivity index (χ1n) is 5.01. The maximum atomic E-state index is 13.1. The lowest BCUT2D eigenvalue weighted by atomic mass is 10.2. The second-order valence-corrected chi connectivity index (χ2v) is 4.27. The fourth-order valence-electron chi connectivity index (χ4n) is 1.38. The lowest BCUT2D eigenvalue weighted by Gasteiger charge is -2.08. The lowest BCUT2D eigenvalue weighted by Crippen LogP contribution is -2.14. The van der Waals surface area contributed by atoms with E-state index in [1.54, 1.807) is 0 Å². The Morgan fingerprint density at radius 3 is 2.42 bits per heavy atom. The molecule has 1 aromatic heterocycles. The fraction of sp³-hybridized carbons (Fsp3) is 0. The first kappa shape index (κ1) is 13.5. The van der Waals surface area contributed by atoms with E-state index in [-0.39, 0.29) is 27.2 Å². The van der Waals surface area contributed by atoms with Crippen LogP contribution in [0, 0.1) is 5.82 Å². The molecule has 2 rings (SSSR count). The normalized spacial score (nSPS) is 10.3. The van der Waals surface area contributed by atoms with Crippen LogP contribution < -0.4 is 11.1 Å². The van der Waals surface area contributed by atoms with Crippen molar-refractivity contribution in [3.63, 3.8) is 0 Å². The van der Waals surface area contributed by atoms with E-state index in [9.17, 15) is 9.18 Å². The molecule has 0 saturated heterocycles. The molecule has 98 valence electrons. The van der Waals surface area contributed by atoms with E-state index >= 15 is 0 Å². The van der Waals surface area contributed by atoms with Crippen LogP contribution in [0.15, 0.2) is 24.5 Å². The van der Waals surface area contributed by atoms with Crippen molar-refractivity contribution in [3.05, 3.63) is 46.2 Å². The third-order valence-electron chi connectivity index (χ3n) is 2.18. The third kappa shape index (κ3) is 3.10. The Kier molecular flexibility index (Phi) is 3.82. The summed E-state index contributed by atoms with van der Waals surface area (Å²) in [7, 11) is 0. The van der Waals surface area contributed by atoms with Crippen molar-refractivity contribution in [2.75, 3.05) is 11.1 Å². The van der Waals surface area contributed by atoms with Crippen LogP contribution in [-0.2, 0) is 0 Å². The number of nitrogens with one attached hydrogen (secondary N) is 1. The number of benzene rings is 1. The number of carbonyl (C=O) groups excluding carboxylic acids is 1. The van der Waals surface area contributed by atoms with E-state index in [0.717, 1.165) is 18.5 Å². The summed E-state index contributed by atoms with van der Waals surface area (Å²) in [6, 6.07) is 3.46. The quantitative estimate of drug-likeness (QED) is 0.660. The van der Waals surface area contributed by atoms with Crippen LogP contribution in [0.5, 0.6) is 0 Å². The zero-order valence-corrected chi connectivity index (χ0v) is 10.8. The van der Waals surface area contributed by atoms with E-state index in [2.05, 4.69) is 15.3 Å². The molecule has 0 fully saturated rings. The van der Waals surface area contributed by atoms with Crippen molar-refractivity contribution in [2.45, 2.75) is 0 Å². The minimum Gasteiger partial charge on any atom is -0.399 e. The van der Waals surface area contributed by atoms with Gasteiger partial charge >= 0.3 is 0 Å². The van der Waals surface area contributed by atoms with Crippen molar-refractivity contribution in [1.82, 2.24) is 9.97 Å². The van der Waals surface area contributed by atoms with Crippen molar-refractivity contribution >= 4 is 40.5 Å². The average molecular weight is 301 g/mol. The van der Waals surface area contributed by atoms with E-state index in [0.29, 0.717) is 0 Å². The maximum absolute atomic E-state index is 13.1. The highest BCUT2D eigenvalue weighted by Crippen LogP contribution is 2.26. The van der Waals surface area contributed by atoms with Crippen LogP contribution >= 0.6 is 23.2 Å². The van der Waals surface area contributed by atoms with Gasteiger partial charge in [0.2, 0.25) is 0 Å². The number of carbonyl (C=O) groups is 1. The third-order valence-corrected chi connectivity index (χ3v) is 2.75. The number of rotatable bonds is 2. The highest BCUT2D eigenvalue weighted by atomic mass is 35.5. The largest absolute Gasteiger partial charge is 0.399 e. The molecule has 0 unspecified atom stereocenters. The number of nitrogen functional groups attached to an aromatic ring is 1. The van der Waals surface area contributed by atoms with Crippen LogP contribution in [-0.4, -0.2) is 15.9 Å². The van der Waals surface area contributed by atoms with Crippen LogP contribution in [0.25, 0.3) is 0 Å². The van der Waals surface area contributed by atoms with Gasteiger partial charge in [-0.2, -0.15) is 0 Å². The molecule has 0 aliphatic carbocycles. The average Bonchev–Trinajstić information content (AvgIpc) is 2.32. The van der Waals surface area contributed by atoms with Gasteiger partial charge in [-0.25, -0.2) is 14.4 Å². The molecule has 5 nitrogen and oxygen atoms in total. The van der Waals surface area contributed by atoms with E-state index in [1.165, 1.54) is 6.07 Å². The Morgan fingerprint density at radius 1 is 1.21 bits per heavy atom. The second kappa shape index (κ2) is 5.38. The number of halogens is 3. The SMILES string of the molecule is Nc1cc(F)cc(C(=O)Nc2c(Cl)ncnc2Cl)c1. The predicted octanol–water partition coefficient (Wildman–Crippen LogP) is 2.76. The van der Waals surface area contributed by atoms with Gasteiger partial charge in [-0.05, 0) is 18.2 Å². The van der Waals surface area contributed by atoms with Gasteiger partial charge in [0.1, 0.15) is 17.8 Å². The monoisotopic (exact) mass is 300 g/mol. The maximum Gasteiger partial charge on any atom is 0.256 e. The molecule has 0 spiro atoms. The van der Waals surface area contributed by atoms with Gasteiger partial charge in [-0.3, -0.25) is 4.79 Å². The van der Waals surface area contributed by atoms with Crippen LogP contribution in [0.3, 0.4) is 0 Å². The topological polar surface area (TPSA) is 80.9 Å². The van der Waals surface area contributed by atoms with E-state index in [1.807, 2.05) is 0 Å². The first-order chi connectivity index (χ1) is 8.97. The zero-order chi connectivity index (χ0) is 14.0. The smallest absolute Gasteiger partial charge is 0.256 e. The highest BCUT2D eigenvalue weighted by Gasteiger charge is 2.14. The van der Waals surface area contributed by atoms with Crippen molar-refractivity contribution in [3.8, 4) is 0 Å². The van der Waals surface area contributed by atoms with Gasteiger partial charge in [0.05, 0.1) is 0 Å². The molecule has 0 aliphatic heterocycles. The molecule has 2 aromatic rings. The number of amides is 1. The Labute approximate surface area is 117 Å². The number of hydrogen-bond donors (Lipinski definition) is 2. The number of anilines is 2. The number of aromatic nitrogens is 2. The minimum absolute atomic E-state index is 0.0160. The van der Waals surface area contributed by atoms with Gasteiger partial charge in [0.15, 0.2) is 10.3 Å². The summed E-state index contributed by atoms with van der Waals surface area (Å²) in [6.07, 6.45) is 1.15. The Morgan fingerprint density at radius 2 is 1.84 bits per heavy atom. The van der Waals surface area contributed by atoms with Crippen LogP contribution in [0.4, 0.5) is 15.8 Å². The molecule has 8 heteroatoms. The summed E-state index contributed by atoms with van der Waals surface area (Å²) in [6.45, 7) is 0. The summed E-state index contributed by atoms with van der Waals surface area (Å²) in [5, 5.41) is 2.37. The summed E-state index contributed by atoms with van der Waals surface area (Å²) < 4.78 is 13.1. The van der Waals surface area contributed by atoms with Crippen molar-refractivity contribution < 1.29 is 9.18 Å². The molecule has 0 saturated carbocycles. The number of nitrogens with zero attached hydrogens (tertiary/aromatic N) is 2. The van der Waals surface area contributed by atoms with Gasteiger partial charge in [-0.15, -0.1) is 0 Å². The molecule has 19 heavy (non-hydrogen) atoms. The number of hydrogen-bond acceptors (Lipinski definition) is 4. The molecule has 0 aliphatic rings. The van der Waals surface area contributed by atoms with Gasteiger partial charge < -0.3 is 11.1 Å². The standard InChI is InChI=1S/C11H7Cl2FN4O/c12-9-8(10(13)17-4-16-9)18-11(19)5-1-6(14)3-7(15)2-5/h1-4H,15H2,(H,18,19). The molecule has 1 amide bonds. The Hall–Kier alpha value is -1.92.